The molecule has 1 N–H and O–H groups in total. The normalized spacial score (nSPS) is 11.0. The number of hydrogen-bond donors (Lipinski definition) is 1. The molecule has 0 saturated carbocycles. The maximum atomic E-state index is 14.3. The lowest BCUT2D eigenvalue weighted by molar-refractivity contribution is -0.113. The van der Waals surface area contributed by atoms with E-state index in [9.17, 15) is 9.18 Å². The van der Waals surface area contributed by atoms with Gasteiger partial charge in [0.1, 0.15) is 5.82 Å². The second-order valence-corrected chi connectivity index (χ2v) is 7.95. The van der Waals surface area contributed by atoms with Crippen LogP contribution in [0.1, 0.15) is 18.3 Å². The van der Waals surface area contributed by atoms with Crippen molar-refractivity contribution in [2.45, 2.75) is 32.5 Å². The number of carbonyl (C=O) groups excluding carboxylic acids is 1. The van der Waals surface area contributed by atoms with Crippen LogP contribution in [0.15, 0.2) is 47.6 Å². The topological polar surface area (TPSA) is 103 Å². The van der Waals surface area contributed by atoms with Crippen LogP contribution in [0, 0.1) is 19.7 Å². The number of aromatic nitrogens is 7. The summed E-state index contributed by atoms with van der Waals surface area (Å²) in [6, 6.07) is 12.2. The number of aryl methyl sites for hydroxylation is 2. The van der Waals surface area contributed by atoms with Crippen LogP contribution in [0.3, 0.4) is 0 Å². The molecule has 0 aliphatic heterocycles. The molecular weight excluding hydrogens is 431 g/mol. The average molecular weight is 453 g/mol. The number of nitrogens with zero attached hydrogens (tertiary/aromatic N) is 7. The van der Waals surface area contributed by atoms with Crippen LogP contribution in [0.5, 0.6) is 0 Å². The standard InChI is InChI=1S/C21H21FN8OS/c1-4-29-20(16-8-6-5-7-13(16)2)25-26-21(29)32-12-19(31)23-18-11-15(9-10-17(18)22)30-14(3)24-27-28-30/h5-11H,4,12H2,1-3H3,(H,23,31). The lowest BCUT2D eigenvalue weighted by atomic mass is 10.1. The highest BCUT2D eigenvalue weighted by Crippen LogP contribution is 2.26. The van der Waals surface area contributed by atoms with Crippen LogP contribution in [0.25, 0.3) is 17.1 Å². The fraction of sp³-hybridized carbons (Fsp3) is 0.238. The van der Waals surface area contributed by atoms with Crippen LogP contribution < -0.4 is 5.32 Å². The quantitative estimate of drug-likeness (QED) is 0.429. The molecule has 2 aromatic heterocycles. The smallest absolute Gasteiger partial charge is 0.234 e. The van der Waals surface area contributed by atoms with Crippen molar-refractivity contribution in [1.82, 2.24) is 35.0 Å². The van der Waals surface area contributed by atoms with E-state index in [2.05, 4.69) is 31.0 Å². The number of hydrogen-bond acceptors (Lipinski definition) is 7. The van der Waals surface area contributed by atoms with E-state index in [-0.39, 0.29) is 17.3 Å². The molecule has 0 atom stereocenters. The van der Waals surface area contributed by atoms with Gasteiger partial charge < -0.3 is 9.88 Å². The molecule has 164 valence electrons. The molecule has 0 aliphatic carbocycles. The third-order valence-electron chi connectivity index (χ3n) is 4.85. The molecule has 11 heteroatoms. The fourth-order valence-corrected chi connectivity index (χ4v) is 4.03. The molecule has 2 aromatic carbocycles. The maximum absolute atomic E-state index is 14.3. The number of tetrazole rings is 1. The molecule has 4 rings (SSSR count). The third-order valence-corrected chi connectivity index (χ3v) is 5.81. The van der Waals surface area contributed by atoms with E-state index in [0.29, 0.717) is 23.2 Å². The van der Waals surface area contributed by atoms with Crippen LogP contribution in [-0.4, -0.2) is 46.6 Å². The van der Waals surface area contributed by atoms with Crippen LogP contribution in [-0.2, 0) is 11.3 Å². The Bertz CT molecular complexity index is 1270. The van der Waals surface area contributed by atoms with Gasteiger partial charge in [-0.25, -0.2) is 4.39 Å². The first-order valence-electron chi connectivity index (χ1n) is 9.94. The van der Waals surface area contributed by atoms with E-state index in [1.54, 1.807) is 13.0 Å². The van der Waals surface area contributed by atoms with Crippen LogP contribution in [0.2, 0.25) is 0 Å². The van der Waals surface area contributed by atoms with Crippen LogP contribution >= 0.6 is 11.8 Å². The molecule has 0 saturated heterocycles. The summed E-state index contributed by atoms with van der Waals surface area (Å²) >= 11 is 1.25. The number of anilines is 1. The molecule has 1 amide bonds. The van der Waals surface area contributed by atoms with Crippen molar-refractivity contribution in [3.05, 3.63) is 59.7 Å². The van der Waals surface area contributed by atoms with E-state index in [0.717, 1.165) is 17.0 Å². The number of amides is 1. The van der Waals surface area contributed by atoms with Gasteiger partial charge in [0.2, 0.25) is 5.91 Å². The van der Waals surface area contributed by atoms with Gasteiger partial charge in [-0.15, -0.1) is 15.3 Å². The minimum atomic E-state index is -0.545. The number of nitrogens with one attached hydrogen (secondary N) is 1. The number of thioether (sulfide) groups is 1. The van der Waals surface area contributed by atoms with Gasteiger partial charge in [-0.3, -0.25) is 4.79 Å². The Balaban J connectivity index is 1.47. The second-order valence-electron chi connectivity index (χ2n) is 7.00. The Labute approximate surface area is 188 Å². The first kappa shape index (κ1) is 21.6. The number of halogens is 1. The largest absolute Gasteiger partial charge is 0.323 e. The molecule has 0 radical (unpaired) electrons. The molecular formula is C21H21FN8OS. The van der Waals surface area contributed by atoms with Gasteiger partial charge in [-0.1, -0.05) is 36.0 Å². The van der Waals surface area contributed by atoms with Crippen molar-refractivity contribution >= 4 is 23.4 Å². The minimum absolute atomic E-state index is 0.0550. The van der Waals surface area contributed by atoms with Gasteiger partial charge in [0.25, 0.3) is 0 Å². The van der Waals surface area contributed by atoms with Gasteiger partial charge in [0.15, 0.2) is 16.8 Å². The summed E-state index contributed by atoms with van der Waals surface area (Å²) in [5, 5.41) is 23.1. The van der Waals surface area contributed by atoms with Crippen LogP contribution in [0.4, 0.5) is 10.1 Å². The summed E-state index contributed by atoms with van der Waals surface area (Å²) in [6.07, 6.45) is 0. The molecule has 2 heterocycles. The summed E-state index contributed by atoms with van der Waals surface area (Å²) in [4.78, 5) is 12.5. The molecule has 9 nitrogen and oxygen atoms in total. The molecule has 4 aromatic rings. The first-order chi connectivity index (χ1) is 15.5. The predicted octanol–water partition coefficient (Wildman–Crippen LogP) is 3.43. The van der Waals surface area contributed by atoms with Gasteiger partial charge >= 0.3 is 0 Å². The highest BCUT2D eigenvalue weighted by atomic mass is 32.2. The Morgan fingerprint density at radius 2 is 1.94 bits per heavy atom. The summed E-state index contributed by atoms with van der Waals surface area (Å²) in [5.74, 6) is 0.454. The number of benzene rings is 2. The fourth-order valence-electron chi connectivity index (χ4n) is 3.23. The summed E-state index contributed by atoms with van der Waals surface area (Å²) in [6.45, 7) is 6.40. The Hall–Kier alpha value is -3.60. The molecule has 0 spiro atoms. The van der Waals surface area contributed by atoms with Crippen molar-refractivity contribution in [3.63, 3.8) is 0 Å². The van der Waals surface area contributed by atoms with E-state index < -0.39 is 5.82 Å². The minimum Gasteiger partial charge on any atom is -0.323 e. The zero-order valence-electron chi connectivity index (χ0n) is 17.8. The lowest BCUT2D eigenvalue weighted by Crippen LogP contribution is -2.16. The van der Waals surface area contributed by atoms with Gasteiger partial charge in [0.05, 0.1) is 17.1 Å². The van der Waals surface area contributed by atoms with Crippen molar-refractivity contribution in [2.75, 3.05) is 11.1 Å². The Morgan fingerprint density at radius 3 is 2.66 bits per heavy atom. The average Bonchev–Trinajstić information content (AvgIpc) is 3.40. The molecule has 0 bridgehead atoms. The lowest BCUT2D eigenvalue weighted by Gasteiger charge is -2.10. The van der Waals surface area contributed by atoms with Crippen molar-refractivity contribution < 1.29 is 9.18 Å². The molecule has 0 fully saturated rings. The molecule has 0 aliphatic rings. The monoisotopic (exact) mass is 452 g/mol. The molecule has 32 heavy (non-hydrogen) atoms. The summed E-state index contributed by atoms with van der Waals surface area (Å²) in [5.41, 5.74) is 2.69. The first-order valence-corrected chi connectivity index (χ1v) is 10.9. The zero-order valence-corrected chi connectivity index (χ0v) is 18.6. The van der Waals surface area contributed by atoms with Crippen molar-refractivity contribution in [1.29, 1.82) is 0 Å². The highest BCUT2D eigenvalue weighted by Gasteiger charge is 2.17. The predicted molar refractivity (Wildman–Crippen MR) is 119 cm³/mol. The number of carbonyl (C=O) groups is 1. The Kier molecular flexibility index (Phi) is 6.26. The summed E-state index contributed by atoms with van der Waals surface area (Å²) in [7, 11) is 0. The summed E-state index contributed by atoms with van der Waals surface area (Å²) < 4.78 is 17.7. The third kappa shape index (κ3) is 4.37. The zero-order chi connectivity index (χ0) is 22.7. The van der Waals surface area contributed by atoms with Gasteiger partial charge in [-0.2, -0.15) is 4.68 Å². The maximum Gasteiger partial charge on any atom is 0.234 e. The number of rotatable bonds is 7. The van der Waals surface area contributed by atoms with Crippen molar-refractivity contribution in [3.8, 4) is 17.1 Å². The highest BCUT2D eigenvalue weighted by molar-refractivity contribution is 7.99. The van der Waals surface area contributed by atoms with Gasteiger partial charge in [-0.05, 0) is 55.0 Å². The van der Waals surface area contributed by atoms with E-state index in [4.69, 9.17) is 0 Å². The Morgan fingerprint density at radius 1 is 1.12 bits per heavy atom. The second kappa shape index (κ2) is 9.27. The van der Waals surface area contributed by atoms with E-state index in [1.165, 1.54) is 28.6 Å². The van der Waals surface area contributed by atoms with E-state index in [1.807, 2.05) is 42.7 Å². The van der Waals surface area contributed by atoms with Crippen molar-refractivity contribution in [2.24, 2.45) is 0 Å². The SMILES string of the molecule is CCn1c(SCC(=O)Nc2cc(-n3nnnc3C)ccc2F)nnc1-c1ccccc1C. The molecule has 0 unspecified atom stereocenters. The van der Waals surface area contributed by atoms with E-state index >= 15 is 0 Å². The van der Waals surface area contributed by atoms with Gasteiger partial charge in [0, 0.05) is 12.1 Å².